The van der Waals surface area contributed by atoms with Gasteiger partial charge in [0.1, 0.15) is 6.61 Å². The van der Waals surface area contributed by atoms with Gasteiger partial charge in [0.2, 0.25) is 0 Å². The average Bonchev–Trinajstić information content (AvgIpc) is 2.00. The van der Waals surface area contributed by atoms with E-state index < -0.39 is 13.7 Å². The zero-order valence-electron chi connectivity index (χ0n) is 6.25. The van der Waals surface area contributed by atoms with Crippen LogP contribution < -0.4 is 4.89 Å². The zero-order valence-corrected chi connectivity index (χ0v) is 7.90. The van der Waals surface area contributed by atoms with Crippen LogP contribution in [0, 0.1) is 5.41 Å². The molecule has 5 heteroatoms. The van der Waals surface area contributed by atoms with E-state index in [1.54, 1.807) is 13.0 Å². The summed E-state index contributed by atoms with van der Waals surface area (Å²) >= 11 is 5.54. The van der Waals surface area contributed by atoms with Crippen LogP contribution in [0.1, 0.15) is 6.92 Å². The molecular weight excluding hydrogens is 186 g/mol. The number of alkyl halides is 1. The highest BCUT2D eigenvalue weighted by Crippen LogP contribution is 2.24. The lowest BCUT2D eigenvalue weighted by atomic mass is 9.95. The minimum Gasteiger partial charge on any atom is -0.566 e. The largest absolute Gasteiger partial charge is 0.566 e. The van der Waals surface area contributed by atoms with Gasteiger partial charge in [-0.3, -0.25) is 0 Å². The first-order valence-electron chi connectivity index (χ1n) is 3.01. The van der Waals surface area contributed by atoms with E-state index in [9.17, 15) is 9.46 Å². The monoisotopic (exact) mass is 196 g/mol. The summed E-state index contributed by atoms with van der Waals surface area (Å²) in [6.07, 6.45) is 1.58. The van der Waals surface area contributed by atoms with E-state index in [0.29, 0.717) is 5.88 Å². The summed E-state index contributed by atoms with van der Waals surface area (Å²) in [5.41, 5.74) is -0.461. The Balaban J connectivity index is 3.87. The SMILES string of the molecule is C=CC(C)(CCl)CO[P+](=O)[O-]. The second-order valence-electron chi connectivity index (χ2n) is 2.49. The Labute approximate surface area is 72.0 Å². The van der Waals surface area contributed by atoms with Crippen molar-refractivity contribution >= 4 is 19.9 Å². The number of rotatable bonds is 5. The van der Waals surface area contributed by atoms with Crippen molar-refractivity contribution in [1.29, 1.82) is 0 Å². The number of hydrogen-bond donors (Lipinski definition) is 0. The quantitative estimate of drug-likeness (QED) is 0.380. The molecule has 0 fully saturated rings. The van der Waals surface area contributed by atoms with Crippen LogP contribution in [0.3, 0.4) is 0 Å². The van der Waals surface area contributed by atoms with Gasteiger partial charge < -0.3 is 4.89 Å². The van der Waals surface area contributed by atoms with Gasteiger partial charge in [-0.15, -0.1) is 22.7 Å². The fraction of sp³-hybridized carbons (Fsp3) is 0.667. The third-order valence-corrected chi connectivity index (χ3v) is 2.25. The first-order valence-corrected chi connectivity index (χ1v) is 4.64. The fourth-order valence-corrected chi connectivity index (χ4v) is 0.939. The van der Waals surface area contributed by atoms with Gasteiger partial charge in [-0.2, -0.15) is 0 Å². The Kier molecular flexibility index (Phi) is 4.86. The third kappa shape index (κ3) is 4.49. The van der Waals surface area contributed by atoms with Crippen molar-refractivity contribution in [3.8, 4) is 0 Å². The maximum atomic E-state index is 10.0. The third-order valence-electron chi connectivity index (χ3n) is 1.30. The molecule has 11 heavy (non-hydrogen) atoms. The number of hydrogen-bond acceptors (Lipinski definition) is 3. The Morgan fingerprint density at radius 3 is 2.73 bits per heavy atom. The first-order chi connectivity index (χ1) is 5.04. The van der Waals surface area contributed by atoms with Crippen molar-refractivity contribution in [2.75, 3.05) is 12.5 Å². The van der Waals surface area contributed by atoms with E-state index in [1.807, 2.05) is 0 Å². The molecule has 0 aromatic carbocycles. The van der Waals surface area contributed by atoms with Gasteiger partial charge in [0.05, 0.1) is 0 Å². The standard InChI is InChI=1S/C6H10ClO3P/c1-3-6(2,4-7)5-10-11(8)9/h3H,1,4-5H2,2H3. The van der Waals surface area contributed by atoms with Gasteiger partial charge in [0.25, 0.3) is 0 Å². The molecule has 2 unspecified atom stereocenters. The lowest BCUT2D eigenvalue weighted by Crippen LogP contribution is -2.21. The van der Waals surface area contributed by atoms with Crippen LogP contribution >= 0.6 is 19.9 Å². The summed E-state index contributed by atoms with van der Waals surface area (Å²) < 4.78 is 14.4. The summed E-state index contributed by atoms with van der Waals surface area (Å²) in [4.78, 5) is 10.0. The van der Waals surface area contributed by atoms with Crippen LogP contribution in [0.5, 0.6) is 0 Å². The van der Waals surface area contributed by atoms with E-state index in [0.717, 1.165) is 0 Å². The van der Waals surface area contributed by atoms with Crippen molar-refractivity contribution in [2.24, 2.45) is 5.41 Å². The Morgan fingerprint density at radius 2 is 2.45 bits per heavy atom. The van der Waals surface area contributed by atoms with E-state index in [-0.39, 0.29) is 6.61 Å². The maximum Gasteiger partial charge on any atom is 0.488 e. The molecule has 0 saturated carbocycles. The highest BCUT2D eigenvalue weighted by molar-refractivity contribution is 7.30. The Bertz CT molecular complexity index is 162. The molecule has 0 spiro atoms. The average molecular weight is 197 g/mol. The van der Waals surface area contributed by atoms with E-state index in [4.69, 9.17) is 11.6 Å². The molecule has 0 heterocycles. The summed E-state index contributed by atoms with van der Waals surface area (Å²) in [6, 6.07) is 0. The minimum atomic E-state index is -2.78. The van der Waals surface area contributed by atoms with Gasteiger partial charge >= 0.3 is 8.25 Å². The minimum absolute atomic E-state index is 0.0543. The highest BCUT2D eigenvalue weighted by atomic mass is 35.5. The molecule has 0 bridgehead atoms. The van der Waals surface area contributed by atoms with Crippen LogP contribution in [-0.2, 0) is 9.09 Å². The van der Waals surface area contributed by atoms with Crippen LogP contribution in [0.4, 0.5) is 0 Å². The Hall–Kier alpha value is 0.0500. The van der Waals surface area contributed by atoms with Gasteiger partial charge in [-0.05, 0) is 4.57 Å². The van der Waals surface area contributed by atoms with Crippen molar-refractivity contribution < 1.29 is 14.0 Å². The molecule has 0 aliphatic heterocycles. The molecular formula is C6H10ClO3P. The van der Waals surface area contributed by atoms with Crippen molar-refractivity contribution in [3.63, 3.8) is 0 Å². The van der Waals surface area contributed by atoms with Gasteiger partial charge in [-0.25, -0.2) is 0 Å². The topological polar surface area (TPSA) is 49.4 Å². The van der Waals surface area contributed by atoms with Crippen molar-refractivity contribution in [3.05, 3.63) is 12.7 Å². The number of halogens is 1. The zero-order chi connectivity index (χ0) is 8.91. The summed E-state index contributed by atoms with van der Waals surface area (Å²) in [6.45, 7) is 5.34. The maximum absolute atomic E-state index is 10.0. The summed E-state index contributed by atoms with van der Waals surface area (Å²) in [5, 5.41) is 0. The van der Waals surface area contributed by atoms with Crippen molar-refractivity contribution in [2.45, 2.75) is 6.92 Å². The molecule has 0 aliphatic carbocycles. The first kappa shape index (κ1) is 11.1. The van der Waals surface area contributed by atoms with Crippen LogP contribution in [-0.4, -0.2) is 12.5 Å². The van der Waals surface area contributed by atoms with E-state index in [2.05, 4.69) is 11.1 Å². The van der Waals surface area contributed by atoms with Crippen LogP contribution in [0.15, 0.2) is 12.7 Å². The molecule has 0 aromatic heterocycles. The van der Waals surface area contributed by atoms with Crippen LogP contribution in [0.2, 0.25) is 0 Å². The normalized spacial score (nSPS) is 17.2. The van der Waals surface area contributed by atoms with Gasteiger partial charge in [-0.1, -0.05) is 13.0 Å². The predicted octanol–water partition coefficient (Wildman–Crippen LogP) is 1.45. The van der Waals surface area contributed by atoms with Crippen LogP contribution in [0.25, 0.3) is 0 Å². The predicted molar refractivity (Wildman–Crippen MR) is 42.6 cm³/mol. The molecule has 0 saturated heterocycles. The second-order valence-corrected chi connectivity index (χ2v) is 3.46. The molecule has 3 nitrogen and oxygen atoms in total. The van der Waals surface area contributed by atoms with E-state index in [1.165, 1.54) is 0 Å². The van der Waals surface area contributed by atoms with Gasteiger partial charge in [0, 0.05) is 11.3 Å². The lowest BCUT2D eigenvalue weighted by Gasteiger charge is -2.18. The lowest BCUT2D eigenvalue weighted by molar-refractivity contribution is -0.187. The molecule has 0 aromatic rings. The smallest absolute Gasteiger partial charge is 0.488 e. The molecule has 2 atom stereocenters. The van der Waals surface area contributed by atoms with Crippen molar-refractivity contribution in [1.82, 2.24) is 0 Å². The second kappa shape index (κ2) is 4.83. The summed E-state index contributed by atoms with van der Waals surface area (Å²) in [5.74, 6) is 0.291. The fourth-order valence-electron chi connectivity index (χ4n) is 0.352. The highest BCUT2D eigenvalue weighted by Gasteiger charge is 2.22. The Morgan fingerprint density at radius 1 is 1.91 bits per heavy atom. The molecule has 0 aliphatic rings. The molecule has 0 rings (SSSR count). The molecule has 0 radical (unpaired) electrons. The molecule has 0 amide bonds. The molecule has 64 valence electrons. The van der Waals surface area contributed by atoms with E-state index >= 15 is 0 Å². The van der Waals surface area contributed by atoms with Gasteiger partial charge in [0.15, 0.2) is 0 Å². The molecule has 0 N–H and O–H groups in total. The summed E-state index contributed by atoms with van der Waals surface area (Å²) in [7, 11) is -2.78.